The largest absolute Gasteiger partial charge is 0.356 e. The van der Waals surface area contributed by atoms with Crippen LogP contribution in [0.25, 0.3) is 0 Å². The maximum Gasteiger partial charge on any atom is 0.0786 e. The van der Waals surface area contributed by atoms with Gasteiger partial charge in [-0.1, -0.05) is 259 Å². The Morgan fingerprint density at radius 2 is 0.351 bits per heavy atom. The first-order chi connectivity index (χ1) is 28.0. The van der Waals surface area contributed by atoms with E-state index in [1.807, 2.05) is 0 Å². The summed E-state index contributed by atoms with van der Waals surface area (Å²) in [6.45, 7) is 15.3. The molecular weight excluding hydrogens is 701 g/mol. The van der Waals surface area contributed by atoms with Crippen LogP contribution in [0.3, 0.4) is 0 Å². The Bertz CT molecular complexity index is 619. The topological polar surface area (TPSA) is 66.2 Å². The Labute approximate surface area is 360 Å². The molecule has 0 amide bonds. The lowest BCUT2D eigenvalue weighted by atomic mass is 10.0. The van der Waals surface area contributed by atoms with E-state index in [1.165, 1.54) is 313 Å². The summed E-state index contributed by atoms with van der Waals surface area (Å²) < 4.78 is 1.49. The molecule has 0 N–H and O–H groups in total. The average molecular weight is 809 g/mol. The van der Waals surface area contributed by atoms with Gasteiger partial charge in [0, 0.05) is 0 Å². The molecule has 0 heterocycles. The quantitative estimate of drug-likeness (QED) is 0.0266. The van der Waals surface area contributed by atoms with Crippen molar-refractivity contribution in [3.63, 3.8) is 0 Å². The van der Waals surface area contributed by atoms with Crippen LogP contribution < -0.4 is 0 Å². The first-order valence-electron chi connectivity index (χ1n) is 26.6. The zero-order chi connectivity index (χ0) is 42.0. The van der Waals surface area contributed by atoms with Crippen molar-refractivity contribution >= 4 is 0 Å². The highest BCUT2D eigenvalue weighted by molar-refractivity contribution is 4.57. The van der Waals surface area contributed by atoms with Gasteiger partial charge in [0.05, 0.1) is 31.3 Å². The highest BCUT2D eigenvalue weighted by Crippen LogP contribution is 2.22. The monoisotopic (exact) mass is 809 g/mol. The fraction of sp³-hybridized carbons (Fsp3) is 1.00. The molecule has 57 heavy (non-hydrogen) atoms. The second kappa shape index (κ2) is 51.3. The van der Waals surface area contributed by atoms with E-state index in [2.05, 4.69) is 27.7 Å². The lowest BCUT2D eigenvalue weighted by molar-refractivity contribution is -0.929. The molecule has 0 spiro atoms. The van der Waals surface area contributed by atoms with Crippen LogP contribution in [0.15, 0.2) is 0 Å². The third-order valence-corrected chi connectivity index (χ3v) is 12.9. The van der Waals surface area contributed by atoms with Crippen LogP contribution in [-0.4, -0.2) is 35.7 Å². The fourth-order valence-electron chi connectivity index (χ4n) is 9.12. The number of nitrogens with zero attached hydrogens (tertiary/aromatic N) is 2. The van der Waals surface area contributed by atoms with E-state index in [9.17, 15) is 0 Å². The minimum atomic E-state index is -1.75. The smallest absolute Gasteiger partial charge is 0.0786 e. The molecule has 0 aromatic heterocycles. The van der Waals surface area contributed by atoms with Crippen molar-refractivity contribution in [2.45, 2.75) is 310 Å². The lowest BCUT2D eigenvalue weighted by Crippen LogP contribution is -2.50. The molecule has 0 fully saturated rings. The Kier molecular flexibility index (Phi) is 52.4. The van der Waals surface area contributed by atoms with Gasteiger partial charge >= 0.3 is 0 Å². The second-order valence-corrected chi connectivity index (χ2v) is 18.6. The van der Waals surface area contributed by atoms with Gasteiger partial charge in [0.1, 0.15) is 0 Å². The molecule has 0 radical (unpaired) electrons. The van der Waals surface area contributed by atoms with E-state index < -0.39 is 5.09 Å². The average Bonchev–Trinajstić information content (AvgIpc) is 3.20. The summed E-state index contributed by atoms with van der Waals surface area (Å²) in [5, 5.41) is 14.8. The van der Waals surface area contributed by atoms with E-state index >= 15 is 0 Å². The van der Waals surface area contributed by atoms with Gasteiger partial charge in [-0.15, -0.1) is 0 Å². The van der Waals surface area contributed by atoms with Crippen LogP contribution in [0.1, 0.15) is 310 Å². The van der Waals surface area contributed by atoms with Gasteiger partial charge in [-0.3, -0.25) is 0 Å². The minimum Gasteiger partial charge on any atom is -0.356 e. The SMILES string of the molecule is CCCCCCCCCCCCC[N+](CCCCCCCCCCCCC)(CCCCCCCCCCCCC)CCCCCCCCCCCCC.O=[N+]([O-])[O-]. The van der Waals surface area contributed by atoms with Crippen molar-refractivity contribution < 1.29 is 9.57 Å². The Hall–Kier alpha value is -0.840. The van der Waals surface area contributed by atoms with Gasteiger partial charge < -0.3 is 19.8 Å². The molecule has 0 aromatic rings. The third kappa shape index (κ3) is 51.2. The summed E-state index contributed by atoms with van der Waals surface area (Å²) in [4.78, 5) is 8.25. The van der Waals surface area contributed by atoms with Gasteiger partial charge in [0.25, 0.3) is 0 Å². The van der Waals surface area contributed by atoms with Crippen molar-refractivity contribution in [2.75, 3.05) is 26.2 Å². The molecule has 5 nitrogen and oxygen atoms in total. The maximum atomic E-state index is 8.25. The summed E-state index contributed by atoms with van der Waals surface area (Å²) in [5.41, 5.74) is 0. The summed E-state index contributed by atoms with van der Waals surface area (Å²) in [6, 6.07) is 0. The van der Waals surface area contributed by atoms with Crippen LogP contribution in [0.2, 0.25) is 0 Å². The molecule has 0 rings (SSSR count). The summed E-state index contributed by atoms with van der Waals surface area (Å²) >= 11 is 0. The zero-order valence-electron chi connectivity index (χ0n) is 40.1. The number of quaternary nitrogens is 1. The van der Waals surface area contributed by atoms with E-state index in [1.54, 1.807) is 0 Å². The molecule has 0 saturated heterocycles. The fourth-order valence-corrected chi connectivity index (χ4v) is 9.12. The number of unbranched alkanes of at least 4 members (excludes halogenated alkanes) is 40. The third-order valence-electron chi connectivity index (χ3n) is 12.9. The van der Waals surface area contributed by atoms with Crippen LogP contribution in [0.5, 0.6) is 0 Å². The van der Waals surface area contributed by atoms with Crippen LogP contribution >= 0.6 is 0 Å². The number of rotatable bonds is 48. The van der Waals surface area contributed by atoms with Crippen molar-refractivity contribution in [1.29, 1.82) is 0 Å². The number of hydrogen-bond donors (Lipinski definition) is 0. The molecule has 0 aliphatic carbocycles. The molecule has 0 saturated carbocycles. The molecule has 0 aromatic carbocycles. The van der Waals surface area contributed by atoms with Crippen molar-refractivity contribution in [2.24, 2.45) is 0 Å². The molecule has 0 bridgehead atoms. The Morgan fingerprint density at radius 3 is 0.474 bits per heavy atom. The minimum absolute atomic E-state index is 1.37. The van der Waals surface area contributed by atoms with Crippen LogP contribution in [0, 0.1) is 15.3 Å². The first kappa shape index (κ1) is 58.3. The molecule has 5 heteroatoms. The standard InChI is InChI=1S/C52H108N.NO3/c1-5-9-13-17-21-25-29-33-37-41-45-49-53(50-46-42-38-34-30-26-22-18-14-10-6-2,51-47-43-39-35-31-27-23-19-15-11-7-3)52-48-44-40-36-32-28-24-20-16-12-8-4;2-1(3)4/h5-52H2,1-4H3;/q+1;-1. The second-order valence-electron chi connectivity index (χ2n) is 18.6. The molecule has 344 valence electrons. The van der Waals surface area contributed by atoms with Gasteiger partial charge in [-0.2, -0.15) is 0 Å². The highest BCUT2D eigenvalue weighted by Gasteiger charge is 2.25. The Balaban J connectivity index is 0. The maximum absolute atomic E-state index is 8.25. The summed E-state index contributed by atoms with van der Waals surface area (Å²) in [7, 11) is 0. The van der Waals surface area contributed by atoms with E-state index in [4.69, 9.17) is 15.3 Å². The Morgan fingerprint density at radius 1 is 0.246 bits per heavy atom. The predicted molar refractivity (Wildman–Crippen MR) is 256 cm³/mol. The lowest BCUT2D eigenvalue weighted by Gasteiger charge is -2.40. The molecule has 0 aliphatic heterocycles. The number of hydrogen-bond acceptors (Lipinski definition) is 3. The molecule has 0 unspecified atom stereocenters. The molecular formula is C52H108N2O3. The van der Waals surface area contributed by atoms with Crippen LogP contribution in [0.4, 0.5) is 0 Å². The van der Waals surface area contributed by atoms with E-state index in [-0.39, 0.29) is 0 Å². The molecule has 0 aliphatic rings. The predicted octanol–water partition coefficient (Wildman–Crippen LogP) is 18.8. The van der Waals surface area contributed by atoms with Crippen molar-refractivity contribution in [3.8, 4) is 0 Å². The first-order valence-corrected chi connectivity index (χ1v) is 26.6. The van der Waals surface area contributed by atoms with Gasteiger partial charge in [0.2, 0.25) is 0 Å². The molecule has 0 atom stereocenters. The van der Waals surface area contributed by atoms with E-state index in [0.717, 1.165) is 0 Å². The summed E-state index contributed by atoms with van der Waals surface area (Å²) in [5.74, 6) is 0. The van der Waals surface area contributed by atoms with Crippen molar-refractivity contribution in [3.05, 3.63) is 15.3 Å². The highest BCUT2D eigenvalue weighted by atomic mass is 16.9. The van der Waals surface area contributed by atoms with E-state index in [0.29, 0.717) is 0 Å². The van der Waals surface area contributed by atoms with Crippen LogP contribution in [-0.2, 0) is 0 Å². The summed E-state index contributed by atoms with van der Waals surface area (Å²) in [6.07, 6.45) is 64.7. The van der Waals surface area contributed by atoms with Gasteiger partial charge in [0.15, 0.2) is 0 Å². The zero-order valence-corrected chi connectivity index (χ0v) is 40.1. The normalized spacial score (nSPS) is 11.6. The van der Waals surface area contributed by atoms with Gasteiger partial charge in [-0.25, -0.2) is 0 Å². The van der Waals surface area contributed by atoms with Crippen molar-refractivity contribution in [1.82, 2.24) is 0 Å². The van der Waals surface area contributed by atoms with Gasteiger partial charge in [-0.05, 0) is 51.4 Å².